The Labute approximate surface area is 164 Å². The Bertz CT molecular complexity index is 1110. The number of hydrogen-bond acceptors (Lipinski definition) is 4. The average molecular weight is 427 g/mol. The summed E-state index contributed by atoms with van der Waals surface area (Å²) >= 11 is 5.19. The van der Waals surface area contributed by atoms with E-state index in [4.69, 9.17) is 5.73 Å². The molecule has 0 fully saturated rings. The van der Waals surface area contributed by atoms with Gasteiger partial charge in [-0.2, -0.15) is 0 Å². The van der Waals surface area contributed by atoms with Gasteiger partial charge in [-0.1, -0.05) is 24.3 Å². The molecule has 0 spiro atoms. The van der Waals surface area contributed by atoms with Gasteiger partial charge in [-0.05, 0) is 64.8 Å². The summed E-state index contributed by atoms with van der Waals surface area (Å²) in [5.41, 5.74) is 9.71. The largest absolute Gasteiger partial charge is 0.507 e. The lowest BCUT2D eigenvalue weighted by Gasteiger charge is -2.18. The minimum Gasteiger partial charge on any atom is -0.507 e. The number of benzene rings is 2. The molecular weight excluding hydrogens is 408 g/mol. The first-order valence-corrected chi connectivity index (χ1v) is 10.1. The van der Waals surface area contributed by atoms with Gasteiger partial charge in [0.25, 0.3) is 0 Å². The fraction of sp³-hybridized carbons (Fsp3) is 0.190. The van der Waals surface area contributed by atoms with Gasteiger partial charge in [-0.15, -0.1) is 11.3 Å². The highest BCUT2D eigenvalue weighted by molar-refractivity contribution is 9.10. The molecule has 0 saturated carbocycles. The molecule has 0 atom stereocenters. The highest BCUT2D eigenvalue weighted by Crippen LogP contribution is 2.43. The van der Waals surface area contributed by atoms with Gasteiger partial charge in [0.15, 0.2) is 0 Å². The van der Waals surface area contributed by atoms with Crippen LogP contribution < -0.4 is 5.73 Å². The van der Waals surface area contributed by atoms with Crippen LogP contribution in [0.3, 0.4) is 0 Å². The minimum absolute atomic E-state index is 0.247. The minimum atomic E-state index is -0.249. The van der Waals surface area contributed by atoms with E-state index in [1.807, 2.05) is 20.0 Å². The van der Waals surface area contributed by atoms with Crippen LogP contribution in [0.5, 0.6) is 5.75 Å². The van der Waals surface area contributed by atoms with Crippen LogP contribution in [0.4, 0.5) is 0 Å². The molecule has 0 amide bonds. The number of nitrogens with zero attached hydrogens (tertiary/aromatic N) is 1. The molecule has 2 heterocycles. The molecule has 0 aliphatic carbocycles. The molecule has 0 bridgehead atoms. The summed E-state index contributed by atoms with van der Waals surface area (Å²) in [5.74, 6) is 0.247. The fourth-order valence-electron chi connectivity index (χ4n) is 3.37. The fourth-order valence-corrected chi connectivity index (χ4v) is 4.65. The lowest BCUT2D eigenvalue weighted by atomic mass is 9.93. The summed E-state index contributed by atoms with van der Waals surface area (Å²) in [5, 5.41) is 14.9. The van der Waals surface area contributed by atoms with Crippen molar-refractivity contribution in [1.82, 2.24) is 4.98 Å². The molecule has 132 valence electrons. The molecule has 26 heavy (non-hydrogen) atoms. The van der Waals surface area contributed by atoms with Crippen molar-refractivity contribution in [2.75, 3.05) is 0 Å². The second kappa shape index (κ2) is 6.34. The molecule has 2 aromatic carbocycles. The van der Waals surface area contributed by atoms with Gasteiger partial charge in [0, 0.05) is 32.5 Å². The standard InChI is InChI=1S/C21H19BrN2OS/c1-21(2,23)10-12-3-5-13(6-4-12)18-16(25)9-15(22)20-19(18)14-7-8-26-17(14)11-24-20/h3-9,11,25H,10,23H2,1-2H3. The molecule has 4 rings (SSSR count). The molecule has 4 aromatic rings. The molecule has 2 aromatic heterocycles. The summed E-state index contributed by atoms with van der Waals surface area (Å²) in [7, 11) is 0. The molecule has 5 heteroatoms. The van der Waals surface area contributed by atoms with Gasteiger partial charge in [-0.3, -0.25) is 4.98 Å². The first kappa shape index (κ1) is 17.5. The Morgan fingerprint density at radius 2 is 1.92 bits per heavy atom. The zero-order valence-corrected chi connectivity index (χ0v) is 17.0. The van der Waals surface area contributed by atoms with Gasteiger partial charge < -0.3 is 10.8 Å². The lowest BCUT2D eigenvalue weighted by molar-refractivity contribution is 0.477. The van der Waals surface area contributed by atoms with E-state index in [1.165, 1.54) is 5.56 Å². The van der Waals surface area contributed by atoms with Crippen LogP contribution in [-0.4, -0.2) is 15.6 Å². The van der Waals surface area contributed by atoms with E-state index in [0.29, 0.717) is 0 Å². The molecule has 3 nitrogen and oxygen atoms in total. The van der Waals surface area contributed by atoms with Crippen LogP contribution in [0.1, 0.15) is 19.4 Å². The Kier molecular flexibility index (Phi) is 4.26. The number of aromatic hydroxyl groups is 1. The van der Waals surface area contributed by atoms with E-state index in [0.717, 1.165) is 43.0 Å². The quantitative estimate of drug-likeness (QED) is 0.430. The van der Waals surface area contributed by atoms with Crippen molar-refractivity contribution in [3.63, 3.8) is 0 Å². The highest BCUT2D eigenvalue weighted by Gasteiger charge is 2.17. The predicted octanol–water partition coefficient (Wildman–Crippen LogP) is 5.86. The summed E-state index contributed by atoms with van der Waals surface area (Å²) in [6.45, 7) is 4.04. The normalized spacial score (nSPS) is 12.2. The first-order chi connectivity index (χ1) is 12.3. The van der Waals surface area contributed by atoms with E-state index in [2.05, 4.69) is 56.6 Å². The Morgan fingerprint density at radius 3 is 2.62 bits per heavy atom. The monoisotopic (exact) mass is 426 g/mol. The lowest BCUT2D eigenvalue weighted by Crippen LogP contribution is -2.34. The maximum Gasteiger partial charge on any atom is 0.125 e. The summed E-state index contributed by atoms with van der Waals surface area (Å²) < 4.78 is 1.90. The summed E-state index contributed by atoms with van der Waals surface area (Å²) in [6.07, 6.45) is 2.69. The SMILES string of the molecule is CC(C)(N)Cc1ccc(-c2c(O)cc(Br)c3ncc4sccc4c23)cc1. The number of phenols is 1. The van der Waals surface area contributed by atoms with Gasteiger partial charge in [0.2, 0.25) is 0 Å². The predicted molar refractivity (Wildman–Crippen MR) is 114 cm³/mol. The Hall–Kier alpha value is -1.95. The van der Waals surface area contributed by atoms with Crippen molar-refractivity contribution in [2.45, 2.75) is 25.8 Å². The van der Waals surface area contributed by atoms with Crippen LogP contribution in [0.2, 0.25) is 0 Å². The smallest absolute Gasteiger partial charge is 0.125 e. The van der Waals surface area contributed by atoms with E-state index >= 15 is 0 Å². The molecule has 0 unspecified atom stereocenters. The van der Waals surface area contributed by atoms with E-state index in [1.54, 1.807) is 17.4 Å². The van der Waals surface area contributed by atoms with Gasteiger partial charge in [0.05, 0.1) is 10.2 Å². The second-order valence-electron chi connectivity index (χ2n) is 7.30. The third-order valence-corrected chi connectivity index (χ3v) is 5.87. The van der Waals surface area contributed by atoms with Crippen molar-refractivity contribution >= 4 is 48.3 Å². The third-order valence-electron chi connectivity index (χ3n) is 4.41. The van der Waals surface area contributed by atoms with Crippen LogP contribution >= 0.6 is 27.3 Å². The zero-order chi connectivity index (χ0) is 18.5. The highest BCUT2D eigenvalue weighted by atomic mass is 79.9. The van der Waals surface area contributed by atoms with Gasteiger partial charge in [-0.25, -0.2) is 0 Å². The molecule has 0 aliphatic heterocycles. The number of phenolic OH excluding ortho intramolecular Hbond substituents is 1. The number of halogens is 1. The Morgan fingerprint density at radius 1 is 1.19 bits per heavy atom. The summed E-state index contributed by atoms with van der Waals surface area (Å²) in [4.78, 5) is 4.61. The van der Waals surface area contributed by atoms with Crippen molar-refractivity contribution in [2.24, 2.45) is 5.73 Å². The second-order valence-corrected chi connectivity index (χ2v) is 9.10. The van der Waals surface area contributed by atoms with Crippen molar-refractivity contribution in [3.8, 4) is 16.9 Å². The maximum absolute atomic E-state index is 10.7. The molecule has 0 radical (unpaired) electrons. The molecule has 0 saturated heterocycles. The first-order valence-electron chi connectivity index (χ1n) is 8.39. The Balaban J connectivity index is 1.95. The number of nitrogens with two attached hydrogens (primary N) is 1. The summed E-state index contributed by atoms with van der Waals surface area (Å²) in [6, 6.07) is 12.1. The molecular formula is C21H19BrN2OS. The van der Waals surface area contributed by atoms with Crippen LogP contribution in [0.15, 0.2) is 52.4 Å². The van der Waals surface area contributed by atoms with Crippen molar-refractivity contribution < 1.29 is 5.11 Å². The van der Waals surface area contributed by atoms with E-state index in [9.17, 15) is 5.11 Å². The number of rotatable bonds is 3. The van der Waals surface area contributed by atoms with E-state index < -0.39 is 0 Å². The van der Waals surface area contributed by atoms with Crippen LogP contribution in [0.25, 0.3) is 32.1 Å². The number of thiophene rings is 1. The maximum atomic E-state index is 10.7. The zero-order valence-electron chi connectivity index (χ0n) is 14.6. The average Bonchev–Trinajstić information content (AvgIpc) is 3.03. The number of aromatic nitrogens is 1. The van der Waals surface area contributed by atoms with Crippen LogP contribution in [-0.2, 0) is 6.42 Å². The van der Waals surface area contributed by atoms with Gasteiger partial charge >= 0.3 is 0 Å². The number of pyridine rings is 1. The molecule has 0 aliphatic rings. The van der Waals surface area contributed by atoms with Crippen molar-refractivity contribution in [1.29, 1.82) is 0 Å². The third kappa shape index (κ3) is 3.11. The van der Waals surface area contributed by atoms with Gasteiger partial charge in [0.1, 0.15) is 5.75 Å². The van der Waals surface area contributed by atoms with E-state index in [-0.39, 0.29) is 11.3 Å². The number of hydrogen-bond donors (Lipinski definition) is 2. The van der Waals surface area contributed by atoms with Crippen LogP contribution in [0, 0.1) is 0 Å². The topological polar surface area (TPSA) is 59.1 Å². The number of fused-ring (bicyclic) bond motifs is 3. The van der Waals surface area contributed by atoms with Crippen molar-refractivity contribution in [3.05, 3.63) is 58.0 Å². The molecule has 3 N–H and O–H groups in total.